The molecule has 5 rings (SSSR count). The summed E-state index contributed by atoms with van der Waals surface area (Å²) in [6.45, 7) is 9.41. The molecule has 3 aromatic heterocycles. The zero-order chi connectivity index (χ0) is 36.7. The monoisotopic (exact) mass is 741 g/mol. The number of sulfonamides is 1. The maximum absolute atomic E-state index is 13.2. The van der Waals surface area contributed by atoms with Crippen LogP contribution < -0.4 is 14.8 Å². The predicted molar refractivity (Wildman–Crippen MR) is 177 cm³/mol. The van der Waals surface area contributed by atoms with Gasteiger partial charge >= 0.3 is 12.3 Å². The van der Waals surface area contributed by atoms with Crippen molar-refractivity contribution >= 4 is 39.4 Å². The first-order chi connectivity index (χ1) is 23.2. The van der Waals surface area contributed by atoms with E-state index in [1.54, 1.807) is 31.7 Å². The fourth-order valence-electron chi connectivity index (χ4n) is 5.69. The molecule has 0 spiro atoms. The predicted octanol–water partition coefficient (Wildman–Crippen LogP) is 6.14. The lowest BCUT2D eigenvalue weighted by molar-refractivity contribution is -0.190. The molecule has 2 fully saturated rings. The van der Waals surface area contributed by atoms with Gasteiger partial charge in [0.25, 0.3) is 15.9 Å². The molecular weight excluding hydrogens is 703 g/mol. The van der Waals surface area contributed by atoms with Crippen molar-refractivity contribution in [2.24, 2.45) is 5.41 Å². The van der Waals surface area contributed by atoms with Crippen molar-refractivity contribution in [3.05, 3.63) is 53.3 Å². The minimum Gasteiger partial charge on any atom is -0.477 e. The summed E-state index contributed by atoms with van der Waals surface area (Å²) >= 11 is 6.25. The zero-order valence-corrected chi connectivity index (χ0v) is 29.7. The van der Waals surface area contributed by atoms with Crippen LogP contribution in [-0.4, -0.2) is 81.6 Å². The van der Waals surface area contributed by atoms with Crippen molar-refractivity contribution in [3.8, 4) is 11.7 Å². The van der Waals surface area contributed by atoms with Crippen LogP contribution in [0.4, 0.5) is 23.8 Å². The van der Waals surface area contributed by atoms with E-state index in [0.29, 0.717) is 6.42 Å². The second kappa shape index (κ2) is 13.5. The molecule has 1 atom stereocenters. The third-order valence-corrected chi connectivity index (χ3v) is 10.1. The number of nitrogens with zero attached hydrogens (tertiary/aromatic N) is 5. The number of amides is 2. The number of hydrogen-bond acceptors (Lipinski definition) is 10. The first kappa shape index (κ1) is 37.1. The fraction of sp³-hybridized carbons (Fsp3) is 0.531. The van der Waals surface area contributed by atoms with Crippen molar-refractivity contribution in [3.63, 3.8) is 0 Å². The Labute approximate surface area is 292 Å². The Bertz CT molecular complexity index is 1860. The summed E-state index contributed by atoms with van der Waals surface area (Å²) in [6, 6.07) is 8.07. The van der Waals surface area contributed by atoms with Crippen LogP contribution in [0.3, 0.4) is 0 Å². The molecule has 18 heteroatoms. The summed E-state index contributed by atoms with van der Waals surface area (Å²) in [5, 5.41) is 6.47. The van der Waals surface area contributed by atoms with E-state index in [9.17, 15) is 31.2 Å². The van der Waals surface area contributed by atoms with Gasteiger partial charge in [0.1, 0.15) is 16.6 Å². The van der Waals surface area contributed by atoms with Crippen molar-refractivity contribution in [2.45, 2.75) is 95.1 Å². The molecule has 1 unspecified atom stereocenters. The highest BCUT2D eigenvalue weighted by Crippen LogP contribution is 2.59. The van der Waals surface area contributed by atoms with Gasteiger partial charge in [-0.2, -0.15) is 21.6 Å². The van der Waals surface area contributed by atoms with Crippen molar-refractivity contribution in [2.75, 3.05) is 18.5 Å². The number of alkyl halides is 3. The number of anilines is 1. The van der Waals surface area contributed by atoms with Gasteiger partial charge in [0.05, 0.1) is 23.6 Å². The van der Waals surface area contributed by atoms with Gasteiger partial charge < -0.3 is 14.8 Å². The normalized spacial score (nSPS) is 18.4. The van der Waals surface area contributed by atoms with Gasteiger partial charge in [-0.05, 0) is 91.0 Å². The number of carbonyl (C=O) groups excluding carboxylic acids is 2. The van der Waals surface area contributed by atoms with Crippen LogP contribution in [0, 0.1) is 5.41 Å². The quantitative estimate of drug-likeness (QED) is 0.219. The molecule has 0 aromatic carbocycles. The largest absolute Gasteiger partial charge is 0.477 e. The molecule has 1 aliphatic carbocycles. The molecule has 1 saturated heterocycles. The molecule has 2 amide bonds. The van der Waals surface area contributed by atoms with E-state index in [1.165, 1.54) is 41.2 Å². The SMILES string of the molecule is CC(C)(C)OC(=O)N1C(CNc2cccc(S(=O)(=O)NC(=O)c3ccc(-n4ccc(OCCC5(C(F)(F)F)CC5)n4)nc3Cl)n2)CCC1(C)C. The molecule has 1 aliphatic heterocycles. The van der Waals surface area contributed by atoms with E-state index in [0.717, 1.165) is 6.42 Å². The lowest BCUT2D eigenvalue weighted by atomic mass is 10.0. The highest BCUT2D eigenvalue weighted by molar-refractivity contribution is 7.90. The number of rotatable bonds is 11. The van der Waals surface area contributed by atoms with Gasteiger partial charge in [0, 0.05) is 24.3 Å². The van der Waals surface area contributed by atoms with Crippen LogP contribution in [0.1, 0.15) is 77.1 Å². The van der Waals surface area contributed by atoms with E-state index in [1.807, 2.05) is 18.6 Å². The number of likely N-dealkylation sites (tertiary alicyclic amines) is 1. The Hall–Kier alpha value is -4.12. The lowest BCUT2D eigenvalue weighted by Gasteiger charge is -2.37. The number of nitrogens with one attached hydrogen (secondary N) is 2. The summed E-state index contributed by atoms with van der Waals surface area (Å²) in [6.07, 6.45) is -1.84. The van der Waals surface area contributed by atoms with Crippen LogP contribution in [0.15, 0.2) is 47.6 Å². The smallest absolute Gasteiger partial charge is 0.411 e. The average Bonchev–Trinajstić information content (AvgIpc) is 3.55. The standard InChI is InChI=1S/C32H39ClF3N7O6S/c1-29(2,3)49-28(45)43-20(11-13-30(43,4)5)19-37-22-7-6-8-25(38-22)50(46,47)41-27(44)21-9-10-23(39-26(21)33)42-17-12-24(40-42)48-18-16-31(14-15-31)32(34,35)36/h6-10,12,17,20H,11,13-16,18-19H2,1-5H3,(H,37,38)(H,41,44). The molecule has 272 valence electrons. The van der Waals surface area contributed by atoms with Crippen molar-refractivity contribution in [1.82, 2.24) is 29.4 Å². The summed E-state index contributed by atoms with van der Waals surface area (Å²) in [5.74, 6) is -0.619. The van der Waals surface area contributed by atoms with E-state index in [-0.39, 0.29) is 66.7 Å². The van der Waals surface area contributed by atoms with E-state index < -0.39 is 49.8 Å². The molecule has 1 saturated carbocycles. The number of hydrogen-bond donors (Lipinski definition) is 2. The van der Waals surface area contributed by atoms with Gasteiger partial charge in [-0.15, -0.1) is 5.10 Å². The van der Waals surface area contributed by atoms with Crippen molar-refractivity contribution in [1.29, 1.82) is 0 Å². The van der Waals surface area contributed by atoms with Crippen LogP contribution in [0.2, 0.25) is 5.15 Å². The van der Waals surface area contributed by atoms with Crippen LogP contribution in [0.25, 0.3) is 5.82 Å². The van der Waals surface area contributed by atoms with E-state index in [4.69, 9.17) is 21.1 Å². The Morgan fingerprint density at radius 1 is 1.06 bits per heavy atom. The Morgan fingerprint density at radius 3 is 2.42 bits per heavy atom. The summed E-state index contributed by atoms with van der Waals surface area (Å²) in [4.78, 5) is 36.0. The molecule has 0 radical (unpaired) electrons. The molecule has 13 nitrogen and oxygen atoms in total. The molecular formula is C32H39ClF3N7O6S. The highest BCUT2D eigenvalue weighted by Gasteiger charge is 2.62. The Morgan fingerprint density at radius 2 is 1.78 bits per heavy atom. The molecule has 4 heterocycles. The average molecular weight is 742 g/mol. The van der Waals surface area contributed by atoms with Crippen LogP contribution >= 0.6 is 11.6 Å². The summed E-state index contributed by atoms with van der Waals surface area (Å²) < 4.78 is 80.0. The second-order valence-electron chi connectivity index (χ2n) is 14.0. The fourth-order valence-corrected chi connectivity index (χ4v) is 6.86. The third kappa shape index (κ3) is 8.42. The number of aromatic nitrogens is 4. The molecule has 2 N–H and O–H groups in total. The number of pyridine rings is 2. The number of carbonyl (C=O) groups is 2. The second-order valence-corrected chi connectivity index (χ2v) is 16.0. The first-order valence-electron chi connectivity index (χ1n) is 15.9. The van der Waals surface area contributed by atoms with Crippen molar-refractivity contribution < 1.29 is 40.7 Å². The highest BCUT2D eigenvalue weighted by atomic mass is 35.5. The minimum atomic E-state index is -4.46. The maximum atomic E-state index is 13.2. The van der Waals surface area contributed by atoms with Crippen LogP contribution in [0.5, 0.6) is 5.88 Å². The van der Waals surface area contributed by atoms with Gasteiger partial charge in [0.2, 0.25) is 5.88 Å². The maximum Gasteiger partial charge on any atom is 0.411 e. The minimum absolute atomic E-state index is 0.0745. The lowest BCUT2D eigenvalue weighted by Crippen LogP contribution is -2.51. The van der Waals surface area contributed by atoms with Gasteiger partial charge in [-0.25, -0.2) is 24.2 Å². The van der Waals surface area contributed by atoms with E-state index in [2.05, 4.69) is 20.4 Å². The topological polar surface area (TPSA) is 158 Å². The summed E-state index contributed by atoms with van der Waals surface area (Å²) in [7, 11) is -4.46. The molecule has 2 aliphatic rings. The molecule has 0 bridgehead atoms. The van der Waals surface area contributed by atoms with Gasteiger partial charge in [-0.3, -0.25) is 9.69 Å². The molecule has 50 heavy (non-hydrogen) atoms. The summed E-state index contributed by atoms with van der Waals surface area (Å²) in [5.41, 5.74) is -3.05. The third-order valence-electron chi connectivity index (χ3n) is 8.61. The molecule has 3 aromatic rings. The van der Waals surface area contributed by atoms with Crippen LogP contribution in [-0.2, 0) is 14.8 Å². The number of ether oxygens (including phenoxy) is 2. The zero-order valence-electron chi connectivity index (χ0n) is 28.2. The first-order valence-corrected chi connectivity index (χ1v) is 17.8. The number of halogens is 4. The van der Waals surface area contributed by atoms with Gasteiger partial charge in [0.15, 0.2) is 10.8 Å². The Balaban J connectivity index is 1.19. The Kier molecular flexibility index (Phi) is 10.1. The van der Waals surface area contributed by atoms with Gasteiger partial charge in [-0.1, -0.05) is 17.7 Å². The van der Waals surface area contributed by atoms with E-state index >= 15 is 0 Å².